The summed E-state index contributed by atoms with van der Waals surface area (Å²) >= 11 is 0. The van der Waals surface area contributed by atoms with E-state index in [9.17, 15) is 25.0 Å². The highest BCUT2D eigenvalue weighted by molar-refractivity contribution is 5.94. The van der Waals surface area contributed by atoms with E-state index in [1.807, 2.05) is 0 Å². The maximum atomic E-state index is 13.6. The molecule has 0 atom stereocenters. The lowest BCUT2D eigenvalue weighted by atomic mass is 10.2. The molecule has 1 amide bonds. The first kappa shape index (κ1) is 23.7. The number of nitro groups is 2. The van der Waals surface area contributed by atoms with Gasteiger partial charge in [0, 0.05) is 62.2 Å². The van der Waals surface area contributed by atoms with E-state index >= 15 is 0 Å². The molecular formula is C25H22N6O6. The van der Waals surface area contributed by atoms with Gasteiger partial charge in [-0.3, -0.25) is 25.0 Å². The van der Waals surface area contributed by atoms with Gasteiger partial charge in [-0.15, -0.1) is 0 Å². The number of hydrogen-bond acceptors (Lipinski definition) is 8. The van der Waals surface area contributed by atoms with Gasteiger partial charge in [0.1, 0.15) is 17.1 Å². The number of piperazine rings is 1. The van der Waals surface area contributed by atoms with Crippen LogP contribution in [0.25, 0.3) is 17.1 Å². The number of carbonyl (C=O) groups is 1. The van der Waals surface area contributed by atoms with Crippen molar-refractivity contribution in [1.82, 2.24) is 14.7 Å². The molecule has 5 rings (SSSR count). The standard InChI is InChI=1S/C25H22N6O6/c1-17-5-10-24(37-17)22-16-23(29(26-22)20-3-2-4-21(15-20)31(35)36)25(32)28-13-11-27(12-14-28)18-6-8-19(9-7-18)30(33)34/h2-10,15-16H,11-14H2,1H3. The Morgan fingerprint density at radius 1 is 0.865 bits per heavy atom. The number of aromatic nitrogens is 2. The summed E-state index contributed by atoms with van der Waals surface area (Å²) in [5.41, 5.74) is 1.83. The van der Waals surface area contributed by atoms with Gasteiger partial charge in [-0.05, 0) is 37.3 Å². The molecule has 3 heterocycles. The second-order valence-electron chi connectivity index (χ2n) is 8.57. The molecule has 12 heteroatoms. The van der Waals surface area contributed by atoms with Crippen LogP contribution in [0.3, 0.4) is 0 Å². The minimum absolute atomic E-state index is 0.0227. The van der Waals surface area contributed by atoms with Crippen LogP contribution in [-0.4, -0.2) is 56.6 Å². The number of nitrogens with zero attached hydrogens (tertiary/aromatic N) is 6. The number of carbonyl (C=O) groups excluding carboxylic acids is 1. The number of nitro benzene ring substituents is 2. The first-order valence-corrected chi connectivity index (χ1v) is 11.5. The molecule has 2 aromatic carbocycles. The van der Waals surface area contributed by atoms with Crippen LogP contribution in [0.15, 0.2) is 71.1 Å². The van der Waals surface area contributed by atoms with Crippen molar-refractivity contribution < 1.29 is 19.1 Å². The summed E-state index contributed by atoms with van der Waals surface area (Å²) in [5, 5.41) is 26.8. The average Bonchev–Trinajstić information content (AvgIpc) is 3.55. The molecule has 1 aliphatic rings. The summed E-state index contributed by atoms with van der Waals surface area (Å²) in [4.78, 5) is 38.7. The number of hydrogen-bond donors (Lipinski definition) is 0. The van der Waals surface area contributed by atoms with Crippen molar-refractivity contribution in [2.24, 2.45) is 0 Å². The third-order valence-electron chi connectivity index (χ3n) is 6.20. The van der Waals surface area contributed by atoms with Gasteiger partial charge in [-0.1, -0.05) is 6.07 Å². The van der Waals surface area contributed by atoms with Gasteiger partial charge in [0.15, 0.2) is 5.76 Å². The molecular weight excluding hydrogens is 480 g/mol. The van der Waals surface area contributed by atoms with E-state index in [1.165, 1.54) is 28.9 Å². The summed E-state index contributed by atoms with van der Waals surface area (Å²) in [7, 11) is 0. The second kappa shape index (κ2) is 9.57. The van der Waals surface area contributed by atoms with Gasteiger partial charge < -0.3 is 14.2 Å². The number of amides is 1. The van der Waals surface area contributed by atoms with Gasteiger partial charge in [-0.25, -0.2) is 4.68 Å². The molecule has 12 nitrogen and oxygen atoms in total. The third kappa shape index (κ3) is 4.76. The minimum Gasteiger partial charge on any atom is -0.460 e. The zero-order valence-corrected chi connectivity index (χ0v) is 19.8. The molecule has 188 valence electrons. The predicted molar refractivity (Wildman–Crippen MR) is 134 cm³/mol. The Bertz CT molecular complexity index is 1480. The molecule has 37 heavy (non-hydrogen) atoms. The molecule has 0 aliphatic carbocycles. The van der Waals surface area contributed by atoms with E-state index in [0.29, 0.717) is 49.1 Å². The van der Waals surface area contributed by atoms with Crippen LogP contribution in [-0.2, 0) is 0 Å². The van der Waals surface area contributed by atoms with Gasteiger partial charge in [0.05, 0.1) is 15.5 Å². The first-order valence-electron chi connectivity index (χ1n) is 11.5. The van der Waals surface area contributed by atoms with Gasteiger partial charge in [0.2, 0.25) is 0 Å². The largest absolute Gasteiger partial charge is 0.460 e. The maximum Gasteiger partial charge on any atom is 0.272 e. The molecule has 1 fully saturated rings. The van der Waals surface area contributed by atoms with Crippen molar-refractivity contribution >= 4 is 23.0 Å². The highest BCUT2D eigenvalue weighted by atomic mass is 16.6. The van der Waals surface area contributed by atoms with Crippen molar-refractivity contribution in [3.8, 4) is 17.1 Å². The fourth-order valence-corrected chi connectivity index (χ4v) is 4.28. The Hall–Kier alpha value is -5.00. The highest BCUT2D eigenvalue weighted by Gasteiger charge is 2.27. The first-order chi connectivity index (χ1) is 17.8. The smallest absolute Gasteiger partial charge is 0.272 e. The summed E-state index contributed by atoms with van der Waals surface area (Å²) in [6, 6.07) is 17.4. The van der Waals surface area contributed by atoms with Crippen LogP contribution in [0.1, 0.15) is 16.2 Å². The zero-order chi connectivity index (χ0) is 26.1. The van der Waals surface area contributed by atoms with Crippen LogP contribution >= 0.6 is 0 Å². The van der Waals surface area contributed by atoms with Crippen LogP contribution in [0.4, 0.5) is 17.1 Å². The van der Waals surface area contributed by atoms with Crippen molar-refractivity contribution in [2.45, 2.75) is 6.92 Å². The van der Waals surface area contributed by atoms with Crippen LogP contribution in [0.2, 0.25) is 0 Å². The Kier molecular flexibility index (Phi) is 6.14. The Balaban J connectivity index is 1.41. The molecule has 0 N–H and O–H groups in total. The van der Waals surface area contributed by atoms with Gasteiger partial charge >= 0.3 is 0 Å². The summed E-state index contributed by atoms with van der Waals surface area (Å²) < 4.78 is 7.10. The molecule has 1 aliphatic heterocycles. The van der Waals surface area contributed by atoms with E-state index in [0.717, 1.165) is 5.69 Å². The minimum atomic E-state index is -0.497. The van der Waals surface area contributed by atoms with E-state index in [2.05, 4.69) is 10.00 Å². The van der Waals surface area contributed by atoms with E-state index in [1.54, 1.807) is 54.3 Å². The van der Waals surface area contributed by atoms with E-state index in [-0.39, 0.29) is 23.0 Å². The lowest BCUT2D eigenvalue weighted by Crippen LogP contribution is -2.49. The molecule has 0 saturated carbocycles. The topological polar surface area (TPSA) is 141 Å². The second-order valence-corrected chi connectivity index (χ2v) is 8.57. The fraction of sp³-hybridized carbons (Fsp3) is 0.200. The Labute approximate surface area is 210 Å². The summed E-state index contributed by atoms with van der Waals surface area (Å²) in [6.45, 7) is 3.73. The van der Waals surface area contributed by atoms with Crippen molar-refractivity contribution in [3.63, 3.8) is 0 Å². The number of aryl methyl sites for hydroxylation is 1. The Morgan fingerprint density at radius 2 is 1.57 bits per heavy atom. The van der Waals surface area contributed by atoms with Crippen molar-refractivity contribution in [2.75, 3.05) is 31.1 Å². The lowest BCUT2D eigenvalue weighted by molar-refractivity contribution is -0.385. The van der Waals surface area contributed by atoms with Crippen LogP contribution < -0.4 is 4.90 Å². The molecule has 0 unspecified atom stereocenters. The highest BCUT2D eigenvalue weighted by Crippen LogP contribution is 2.27. The van der Waals surface area contributed by atoms with Crippen molar-refractivity contribution in [1.29, 1.82) is 0 Å². The lowest BCUT2D eigenvalue weighted by Gasteiger charge is -2.36. The van der Waals surface area contributed by atoms with Crippen molar-refractivity contribution in [3.05, 3.63) is 98.4 Å². The normalized spacial score (nSPS) is 13.5. The predicted octanol–water partition coefficient (Wildman–Crippen LogP) is 4.22. The number of anilines is 1. The van der Waals surface area contributed by atoms with Crippen LogP contribution in [0.5, 0.6) is 0 Å². The Morgan fingerprint density at radius 3 is 2.19 bits per heavy atom. The number of non-ortho nitro benzene ring substituents is 2. The van der Waals surface area contributed by atoms with Gasteiger partial charge in [0.25, 0.3) is 17.3 Å². The summed E-state index contributed by atoms with van der Waals surface area (Å²) in [6.07, 6.45) is 0. The van der Waals surface area contributed by atoms with E-state index < -0.39 is 9.85 Å². The number of furan rings is 1. The van der Waals surface area contributed by atoms with Gasteiger partial charge in [-0.2, -0.15) is 5.10 Å². The molecule has 0 bridgehead atoms. The quantitative estimate of drug-likeness (QED) is 0.282. The molecule has 1 saturated heterocycles. The average molecular weight is 502 g/mol. The summed E-state index contributed by atoms with van der Waals surface area (Å²) in [5.74, 6) is 0.908. The zero-order valence-electron chi connectivity index (χ0n) is 19.8. The number of rotatable bonds is 6. The maximum absolute atomic E-state index is 13.6. The third-order valence-corrected chi connectivity index (χ3v) is 6.20. The fourth-order valence-electron chi connectivity index (χ4n) is 4.28. The molecule has 4 aromatic rings. The van der Waals surface area contributed by atoms with Crippen LogP contribution in [0, 0.1) is 27.2 Å². The van der Waals surface area contributed by atoms with E-state index in [4.69, 9.17) is 4.42 Å². The molecule has 2 aromatic heterocycles. The molecule has 0 spiro atoms. The SMILES string of the molecule is Cc1ccc(-c2cc(C(=O)N3CCN(c4ccc([N+](=O)[O-])cc4)CC3)n(-c3cccc([N+](=O)[O-])c3)n2)o1. The monoisotopic (exact) mass is 502 g/mol. The molecule has 0 radical (unpaired) electrons. The number of benzene rings is 2.